The molecule has 0 aromatic heterocycles. The van der Waals surface area contributed by atoms with Crippen LogP contribution in [0.25, 0.3) is 21.5 Å². The van der Waals surface area contributed by atoms with Crippen molar-refractivity contribution in [3.05, 3.63) is 48.0 Å². The first-order chi connectivity index (χ1) is 9.80. The molecule has 0 radical (unpaired) electrons. The molecule has 0 aliphatic rings. The second-order valence-corrected chi connectivity index (χ2v) is 4.53. The van der Waals surface area contributed by atoms with E-state index in [1.807, 2.05) is 42.5 Å². The Kier molecular flexibility index (Phi) is 3.03. The maximum Gasteiger partial charge on any atom is 0.171 e. The molecule has 0 bridgehead atoms. The van der Waals surface area contributed by atoms with Crippen LogP contribution in [0.1, 0.15) is 10.4 Å². The highest BCUT2D eigenvalue weighted by Crippen LogP contribution is 2.40. The molecule has 0 saturated heterocycles. The Labute approximate surface area is 116 Å². The zero-order valence-corrected chi connectivity index (χ0v) is 11.3. The van der Waals surface area contributed by atoms with Crippen LogP contribution in [0.15, 0.2) is 42.5 Å². The molecule has 0 atom stereocenters. The largest absolute Gasteiger partial charge is 0.492 e. The van der Waals surface area contributed by atoms with Crippen molar-refractivity contribution in [1.82, 2.24) is 0 Å². The summed E-state index contributed by atoms with van der Waals surface area (Å²) < 4.78 is 10.8. The molecule has 0 saturated carbocycles. The summed E-state index contributed by atoms with van der Waals surface area (Å²) in [7, 11) is 3.12. The van der Waals surface area contributed by atoms with E-state index in [9.17, 15) is 4.79 Å². The summed E-state index contributed by atoms with van der Waals surface area (Å²) in [4.78, 5) is 11.3. The molecular formula is C17H14O3. The number of methoxy groups -OCH3 is 2. The van der Waals surface area contributed by atoms with E-state index in [1.165, 1.54) is 7.11 Å². The van der Waals surface area contributed by atoms with Crippen molar-refractivity contribution in [2.45, 2.75) is 0 Å². The highest BCUT2D eigenvalue weighted by Gasteiger charge is 2.15. The molecule has 3 nitrogen and oxygen atoms in total. The van der Waals surface area contributed by atoms with Gasteiger partial charge in [-0.25, -0.2) is 0 Å². The molecule has 0 heterocycles. The van der Waals surface area contributed by atoms with Crippen molar-refractivity contribution in [2.24, 2.45) is 0 Å². The Balaban J connectivity index is 2.53. The molecular weight excluding hydrogens is 252 g/mol. The van der Waals surface area contributed by atoms with E-state index in [2.05, 4.69) is 0 Å². The van der Waals surface area contributed by atoms with Gasteiger partial charge in [-0.15, -0.1) is 0 Å². The van der Waals surface area contributed by atoms with Gasteiger partial charge in [-0.3, -0.25) is 4.79 Å². The lowest BCUT2D eigenvalue weighted by Gasteiger charge is -2.14. The molecule has 3 aromatic rings. The quantitative estimate of drug-likeness (QED) is 0.534. The minimum Gasteiger partial charge on any atom is -0.492 e. The first-order valence-electron chi connectivity index (χ1n) is 6.31. The molecule has 0 unspecified atom stereocenters. The summed E-state index contributed by atoms with van der Waals surface area (Å²) in [5.74, 6) is 1.07. The average molecular weight is 266 g/mol. The normalized spacial score (nSPS) is 10.7. The molecule has 0 fully saturated rings. The predicted octanol–water partition coefficient (Wildman–Crippen LogP) is 3.82. The lowest BCUT2D eigenvalue weighted by molar-refractivity contribution is 0.112. The lowest BCUT2D eigenvalue weighted by Crippen LogP contribution is -1.97. The highest BCUT2D eigenvalue weighted by molar-refractivity contribution is 6.12. The van der Waals surface area contributed by atoms with E-state index in [1.54, 1.807) is 7.11 Å². The number of rotatable bonds is 3. The Bertz CT molecular complexity index is 806. The molecule has 20 heavy (non-hydrogen) atoms. The highest BCUT2D eigenvalue weighted by atomic mass is 16.5. The van der Waals surface area contributed by atoms with Crippen LogP contribution in [0.4, 0.5) is 0 Å². The van der Waals surface area contributed by atoms with Gasteiger partial charge in [-0.1, -0.05) is 30.3 Å². The fraction of sp³-hybridized carbons (Fsp3) is 0.118. The molecule has 0 aliphatic carbocycles. The minimum absolute atomic E-state index is 0.477. The first-order valence-corrected chi connectivity index (χ1v) is 6.31. The van der Waals surface area contributed by atoms with Crippen LogP contribution in [0.2, 0.25) is 0 Å². The van der Waals surface area contributed by atoms with Crippen LogP contribution in [0.3, 0.4) is 0 Å². The second kappa shape index (κ2) is 4.85. The molecule has 0 spiro atoms. The number of fused-ring (bicyclic) bond motifs is 3. The van der Waals surface area contributed by atoms with Gasteiger partial charge in [0.1, 0.15) is 0 Å². The number of benzene rings is 3. The van der Waals surface area contributed by atoms with E-state index in [-0.39, 0.29) is 0 Å². The van der Waals surface area contributed by atoms with Crippen LogP contribution < -0.4 is 9.47 Å². The Morgan fingerprint density at radius 3 is 2.30 bits per heavy atom. The van der Waals surface area contributed by atoms with Crippen molar-refractivity contribution in [3.63, 3.8) is 0 Å². The van der Waals surface area contributed by atoms with Crippen molar-refractivity contribution < 1.29 is 14.3 Å². The molecule has 0 aliphatic heterocycles. The topological polar surface area (TPSA) is 35.5 Å². The van der Waals surface area contributed by atoms with Gasteiger partial charge in [0, 0.05) is 5.39 Å². The number of carbonyl (C=O) groups excluding carboxylic acids is 1. The van der Waals surface area contributed by atoms with E-state index in [4.69, 9.17) is 9.47 Å². The molecule has 0 amide bonds. The zero-order valence-electron chi connectivity index (χ0n) is 11.3. The lowest BCUT2D eigenvalue weighted by atomic mass is 9.98. The van der Waals surface area contributed by atoms with Gasteiger partial charge in [0.25, 0.3) is 0 Å². The summed E-state index contributed by atoms with van der Waals surface area (Å²) in [6.45, 7) is 0. The van der Waals surface area contributed by atoms with Gasteiger partial charge in [0.2, 0.25) is 0 Å². The summed E-state index contributed by atoms with van der Waals surface area (Å²) in [6, 6.07) is 14.0. The monoisotopic (exact) mass is 266 g/mol. The third kappa shape index (κ3) is 1.71. The van der Waals surface area contributed by atoms with Crippen LogP contribution >= 0.6 is 0 Å². The summed E-state index contributed by atoms with van der Waals surface area (Å²) in [5, 5.41) is 4.15. The summed E-state index contributed by atoms with van der Waals surface area (Å²) in [6.07, 6.45) is 0.794. The molecule has 3 aromatic carbocycles. The van der Waals surface area contributed by atoms with Gasteiger partial charge in [-0.05, 0) is 28.3 Å². The van der Waals surface area contributed by atoms with Gasteiger partial charge >= 0.3 is 0 Å². The number of hydrogen-bond donors (Lipinski definition) is 0. The van der Waals surface area contributed by atoms with Crippen molar-refractivity contribution in [1.29, 1.82) is 0 Å². The van der Waals surface area contributed by atoms with Gasteiger partial charge in [0.15, 0.2) is 17.8 Å². The van der Waals surface area contributed by atoms with Crippen molar-refractivity contribution in [3.8, 4) is 11.5 Å². The van der Waals surface area contributed by atoms with Gasteiger partial charge in [0.05, 0.1) is 19.8 Å². The summed E-state index contributed by atoms with van der Waals surface area (Å²) in [5.41, 5.74) is 0.494. The SMILES string of the molecule is COc1c(C=O)cc2c(ccc3ccccc32)c1OC. The minimum atomic E-state index is 0.477. The smallest absolute Gasteiger partial charge is 0.171 e. The number of hydrogen-bond acceptors (Lipinski definition) is 3. The maximum atomic E-state index is 11.3. The Morgan fingerprint density at radius 1 is 0.850 bits per heavy atom. The predicted molar refractivity (Wildman–Crippen MR) is 79.9 cm³/mol. The number of aldehydes is 1. The fourth-order valence-electron chi connectivity index (χ4n) is 2.62. The Hall–Kier alpha value is -2.55. The fourth-order valence-corrected chi connectivity index (χ4v) is 2.62. The van der Waals surface area contributed by atoms with E-state index < -0.39 is 0 Å². The molecule has 3 rings (SSSR count). The van der Waals surface area contributed by atoms with E-state index in [0.717, 1.165) is 27.8 Å². The molecule has 100 valence electrons. The number of carbonyl (C=O) groups is 1. The standard InChI is InChI=1S/C17H14O3/c1-19-16-12(10-18)9-15-13-6-4-3-5-11(13)7-8-14(15)17(16)20-2/h3-10H,1-2H3. The van der Waals surface area contributed by atoms with Crippen molar-refractivity contribution in [2.75, 3.05) is 14.2 Å². The third-order valence-corrected chi connectivity index (χ3v) is 3.52. The zero-order chi connectivity index (χ0) is 14.1. The van der Waals surface area contributed by atoms with E-state index in [0.29, 0.717) is 17.1 Å². The second-order valence-electron chi connectivity index (χ2n) is 4.53. The van der Waals surface area contributed by atoms with Crippen molar-refractivity contribution >= 4 is 27.8 Å². The van der Waals surface area contributed by atoms with Crippen LogP contribution in [0.5, 0.6) is 11.5 Å². The average Bonchev–Trinajstić information content (AvgIpc) is 2.52. The van der Waals surface area contributed by atoms with Gasteiger partial charge < -0.3 is 9.47 Å². The maximum absolute atomic E-state index is 11.3. The Morgan fingerprint density at radius 2 is 1.60 bits per heavy atom. The van der Waals surface area contributed by atoms with Crippen LogP contribution in [0, 0.1) is 0 Å². The van der Waals surface area contributed by atoms with Crippen LogP contribution in [-0.2, 0) is 0 Å². The van der Waals surface area contributed by atoms with Gasteiger partial charge in [-0.2, -0.15) is 0 Å². The number of ether oxygens (including phenoxy) is 2. The summed E-state index contributed by atoms with van der Waals surface area (Å²) >= 11 is 0. The first kappa shape index (κ1) is 12.5. The van der Waals surface area contributed by atoms with E-state index >= 15 is 0 Å². The molecule has 3 heteroatoms. The molecule has 0 N–H and O–H groups in total. The third-order valence-electron chi connectivity index (χ3n) is 3.52. The van der Waals surface area contributed by atoms with Crippen LogP contribution in [-0.4, -0.2) is 20.5 Å².